The summed E-state index contributed by atoms with van der Waals surface area (Å²) in [6, 6.07) is 4.16. The van der Waals surface area contributed by atoms with E-state index in [-0.39, 0.29) is 18.7 Å². The number of nitrogens with zero attached hydrogens (tertiary/aromatic N) is 3. The molecule has 0 atom stereocenters. The number of halogens is 2. The van der Waals surface area contributed by atoms with E-state index >= 15 is 0 Å². The van der Waals surface area contributed by atoms with Gasteiger partial charge in [0, 0.05) is 22.5 Å². The first-order chi connectivity index (χ1) is 7.65. The summed E-state index contributed by atoms with van der Waals surface area (Å²) in [6.07, 6.45) is 0. The van der Waals surface area contributed by atoms with E-state index in [9.17, 15) is 9.18 Å². The Labute approximate surface area is 99.4 Å². The molecule has 0 spiro atoms. The monoisotopic (exact) mass is 286 g/mol. The first-order valence-corrected chi connectivity index (χ1v) is 5.18. The van der Waals surface area contributed by atoms with Gasteiger partial charge in [-0.3, -0.25) is 4.79 Å². The summed E-state index contributed by atoms with van der Waals surface area (Å²) in [6.45, 7) is 0.318. The normalized spacial score (nSPS) is 9.38. The second kappa shape index (κ2) is 6.09. The van der Waals surface area contributed by atoms with Gasteiger partial charge in [-0.05, 0) is 23.7 Å². The van der Waals surface area contributed by atoms with Crippen molar-refractivity contribution in [3.05, 3.63) is 44.5 Å². The molecule has 7 heteroatoms. The van der Waals surface area contributed by atoms with E-state index in [0.29, 0.717) is 4.47 Å². The molecule has 0 saturated carbocycles. The number of benzene rings is 1. The minimum absolute atomic E-state index is 0.0378. The first kappa shape index (κ1) is 12.5. The maximum atomic E-state index is 13.3. The number of hydrogen-bond donors (Lipinski definition) is 1. The Kier molecular flexibility index (Phi) is 4.75. The molecular weight excluding hydrogens is 279 g/mol. The Morgan fingerprint density at radius 3 is 3.00 bits per heavy atom. The van der Waals surface area contributed by atoms with Gasteiger partial charge in [-0.1, -0.05) is 21.0 Å². The molecule has 1 N–H and O–H groups in total. The molecule has 1 amide bonds. The quantitative estimate of drug-likeness (QED) is 0.393. The van der Waals surface area contributed by atoms with Crippen LogP contribution in [0.4, 0.5) is 4.39 Å². The van der Waals surface area contributed by atoms with Crippen molar-refractivity contribution in [3.8, 4) is 0 Å². The van der Waals surface area contributed by atoms with Crippen LogP contribution in [0.15, 0.2) is 27.8 Å². The summed E-state index contributed by atoms with van der Waals surface area (Å²) in [7, 11) is 0. The average molecular weight is 287 g/mol. The molecule has 1 rings (SSSR count). The van der Waals surface area contributed by atoms with Gasteiger partial charge in [0.2, 0.25) is 0 Å². The van der Waals surface area contributed by atoms with E-state index in [1.54, 1.807) is 6.07 Å². The van der Waals surface area contributed by atoms with Gasteiger partial charge in [0.15, 0.2) is 0 Å². The van der Waals surface area contributed by atoms with Gasteiger partial charge in [0.1, 0.15) is 5.82 Å². The second-order valence-electron chi connectivity index (χ2n) is 2.83. The average Bonchev–Trinajstić information content (AvgIpc) is 2.24. The maximum absolute atomic E-state index is 13.3. The lowest BCUT2D eigenvalue weighted by Crippen LogP contribution is -2.26. The second-order valence-corrected chi connectivity index (χ2v) is 3.75. The van der Waals surface area contributed by atoms with Gasteiger partial charge in [0.25, 0.3) is 5.91 Å². The van der Waals surface area contributed by atoms with Gasteiger partial charge >= 0.3 is 0 Å². The molecule has 0 fully saturated rings. The fourth-order valence-corrected chi connectivity index (χ4v) is 1.37. The van der Waals surface area contributed by atoms with E-state index < -0.39 is 11.7 Å². The van der Waals surface area contributed by atoms with Crippen LogP contribution < -0.4 is 5.32 Å². The predicted octanol–water partition coefficient (Wildman–Crippen LogP) is 2.63. The summed E-state index contributed by atoms with van der Waals surface area (Å²) < 4.78 is 13.9. The molecule has 84 valence electrons. The molecule has 16 heavy (non-hydrogen) atoms. The standard InChI is InChI=1S/C9H8BrFN4O/c10-6-1-2-7(8(11)5-6)9(16)13-3-4-14-15-12/h1-2,5H,3-4H2,(H,13,16). The van der Waals surface area contributed by atoms with Gasteiger partial charge in [-0.15, -0.1) is 0 Å². The lowest BCUT2D eigenvalue weighted by molar-refractivity contribution is 0.0951. The van der Waals surface area contributed by atoms with Crippen LogP contribution in [0.2, 0.25) is 0 Å². The minimum Gasteiger partial charge on any atom is -0.352 e. The highest BCUT2D eigenvalue weighted by atomic mass is 79.9. The molecular formula is C9H8BrFN4O. The zero-order chi connectivity index (χ0) is 12.0. The van der Waals surface area contributed by atoms with Gasteiger partial charge in [-0.2, -0.15) is 0 Å². The minimum atomic E-state index is -0.601. The highest BCUT2D eigenvalue weighted by Crippen LogP contribution is 2.14. The number of nitrogens with one attached hydrogen (secondary N) is 1. The summed E-state index contributed by atoms with van der Waals surface area (Å²) in [4.78, 5) is 14.0. The van der Waals surface area contributed by atoms with Crippen molar-refractivity contribution in [3.63, 3.8) is 0 Å². The van der Waals surface area contributed by atoms with Crippen LogP contribution in [0.5, 0.6) is 0 Å². The molecule has 0 heterocycles. The Hall–Kier alpha value is -1.59. The number of hydrogen-bond acceptors (Lipinski definition) is 2. The summed E-state index contributed by atoms with van der Waals surface area (Å²) in [5.41, 5.74) is 7.97. The topological polar surface area (TPSA) is 77.9 Å². The van der Waals surface area contributed by atoms with Crippen LogP contribution >= 0.6 is 15.9 Å². The molecule has 5 nitrogen and oxygen atoms in total. The highest BCUT2D eigenvalue weighted by Gasteiger charge is 2.10. The number of carbonyl (C=O) groups is 1. The number of amides is 1. The molecule has 1 aromatic carbocycles. The predicted molar refractivity (Wildman–Crippen MR) is 60.4 cm³/mol. The zero-order valence-electron chi connectivity index (χ0n) is 8.15. The molecule has 0 aliphatic heterocycles. The van der Waals surface area contributed by atoms with E-state index in [4.69, 9.17) is 5.53 Å². The Balaban J connectivity index is 2.62. The molecule has 0 saturated heterocycles. The van der Waals surface area contributed by atoms with E-state index in [1.807, 2.05) is 0 Å². The maximum Gasteiger partial charge on any atom is 0.254 e. The SMILES string of the molecule is [N-]=[N+]=NCCNC(=O)c1ccc(Br)cc1F. The van der Waals surface area contributed by atoms with Crippen LogP contribution in [-0.2, 0) is 0 Å². The van der Waals surface area contributed by atoms with Gasteiger partial charge < -0.3 is 5.32 Å². The molecule has 0 aromatic heterocycles. The molecule has 0 bridgehead atoms. The van der Waals surface area contributed by atoms with Crippen molar-refractivity contribution < 1.29 is 9.18 Å². The number of azide groups is 1. The Morgan fingerprint density at radius 1 is 1.62 bits per heavy atom. The Bertz CT molecular complexity index is 445. The smallest absolute Gasteiger partial charge is 0.254 e. The number of rotatable bonds is 4. The molecule has 1 aromatic rings. The van der Waals surface area contributed by atoms with Crippen molar-refractivity contribution in [1.82, 2.24) is 5.32 Å². The molecule has 0 radical (unpaired) electrons. The third-order valence-corrected chi connectivity index (χ3v) is 2.23. The van der Waals surface area contributed by atoms with E-state index in [2.05, 4.69) is 31.3 Å². The fraction of sp³-hybridized carbons (Fsp3) is 0.222. The summed E-state index contributed by atoms with van der Waals surface area (Å²) >= 11 is 3.09. The van der Waals surface area contributed by atoms with Crippen LogP contribution in [0, 0.1) is 5.82 Å². The van der Waals surface area contributed by atoms with Crippen LogP contribution in [0.1, 0.15) is 10.4 Å². The van der Waals surface area contributed by atoms with Crippen molar-refractivity contribution in [2.24, 2.45) is 5.11 Å². The summed E-state index contributed by atoms with van der Waals surface area (Å²) in [5, 5.41) is 5.67. The van der Waals surface area contributed by atoms with Crippen LogP contribution in [0.25, 0.3) is 10.4 Å². The highest BCUT2D eigenvalue weighted by molar-refractivity contribution is 9.10. The van der Waals surface area contributed by atoms with Crippen LogP contribution in [0.3, 0.4) is 0 Å². The van der Waals surface area contributed by atoms with Crippen molar-refractivity contribution in [1.29, 1.82) is 0 Å². The molecule has 0 unspecified atom stereocenters. The first-order valence-electron chi connectivity index (χ1n) is 4.39. The van der Waals surface area contributed by atoms with E-state index in [0.717, 1.165) is 0 Å². The third-order valence-electron chi connectivity index (χ3n) is 1.74. The summed E-state index contributed by atoms with van der Waals surface area (Å²) in [5.74, 6) is -1.13. The van der Waals surface area contributed by atoms with E-state index in [1.165, 1.54) is 12.1 Å². The largest absolute Gasteiger partial charge is 0.352 e. The van der Waals surface area contributed by atoms with Crippen LogP contribution in [-0.4, -0.2) is 19.0 Å². The van der Waals surface area contributed by atoms with Crippen molar-refractivity contribution >= 4 is 21.8 Å². The zero-order valence-corrected chi connectivity index (χ0v) is 9.74. The third kappa shape index (κ3) is 3.52. The van der Waals surface area contributed by atoms with Gasteiger partial charge in [0.05, 0.1) is 5.56 Å². The lowest BCUT2D eigenvalue weighted by atomic mass is 10.2. The Morgan fingerprint density at radius 2 is 2.38 bits per heavy atom. The van der Waals surface area contributed by atoms with Crippen molar-refractivity contribution in [2.45, 2.75) is 0 Å². The lowest BCUT2D eigenvalue weighted by Gasteiger charge is -2.04. The molecule has 0 aliphatic rings. The fourth-order valence-electron chi connectivity index (χ4n) is 1.03. The van der Waals surface area contributed by atoms with Crippen molar-refractivity contribution in [2.75, 3.05) is 13.1 Å². The number of carbonyl (C=O) groups excluding carboxylic acids is 1. The van der Waals surface area contributed by atoms with Gasteiger partial charge in [-0.25, -0.2) is 4.39 Å². The molecule has 0 aliphatic carbocycles.